The molecule has 0 aliphatic carbocycles. The van der Waals surface area contributed by atoms with Gasteiger partial charge in [0, 0.05) is 6.42 Å². The van der Waals surface area contributed by atoms with Gasteiger partial charge in [-0.1, -0.05) is 0 Å². The Bertz CT molecular complexity index is 44.9. The summed E-state index contributed by atoms with van der Waals surface area (Å²) in [4.78, 5) is 0. The standard InChI is InChI=1S/C4H5F3/c1-2-4(6,7)3-5/h3H,1-2H2. The summed E-state index contributed by atoms with van der Waals surface area (Å²) in [6.07, 6.45) is -0.719. The van der Waals surface area contributed by atoms with Crippen molar-refractivity contribution >= 4 is 0 Å². The van der Waals surface area contributed by atoms with Crippen LogP contribution in [-0.4, -0.2) is 5.92 Å². The molecule has 0 spiro atoms. The van der Waals surface area contributed by atoms with Crippen molar-refractivity contribution in [1.82, 2.24) is 0 Å². The van der Waals surface area contributed by atoms with Crippen molar-refractivity contribution in [1.29, 1.82) is 0 Å². The first-order valence-corrected chi connectivity index (χ1v) is 1.74. The van der Waals surface area contributed by atoms with Crippen molar-refractivity contribution in [2.75, 3.05) is 0 Å². The Hall–Kier alpha value is -0.210. The lowest BCUT2D eigenvalue weighted by molar-refractivity contribution is 0.0146. The van der Waals surface area contributed by atoms with Crippen LogP contribution in [0.15, 0.2) is 0 Å². The van der Waals surface area contributed by atoms with E-state index in [4.69, 9.17) is 0 Å². The summed E-state index contributed by atoms with van der Waals surface area (Å²) in [6.45, 7) is 2.15. The summed E-state index contributed by atoms with van der Waals surface area (Å²) in [5.74, 6) is -3.32. The van der Waals surface area contributed by atoms with Gasteiger partial charge in [-0.3, -0.25) is 0 Å². The van der Waals surface area contributed by atoms with Gasteiger partial charge in [0.2, 0.25) is 6.67 Å². The van der Waals surface area contributed by atoms with Gasteiger partial charge >= 0.3 is 0 Å². The molecule has 7 heavy (non-hydrogen) atoms. The molecule has 0 aromatic rings. The largest absolute Gasteiger partial charge is 0.281 e. The van der Waals surface area contributed by atoms with Crippen molar-refractivity contribution in [3.05, 3.63) is 13.6 Å². The first-order chi connectivity index (χ1) is 3.12. The Morgan fingerprint density at radius 1 is 1.57 bits per heavy atom. The second kappa shape index (κ2) is 2.19. The monoisotopic (exact) mass is 110 g/mol. The third-order valence-corrected chi connectivity index (χ3v) is 0.493. The zero-order valence-corrected chi connectivity index (χ0v) is 3.63. The number of rotatable bonds is 2. The van der Waals surface area contributed by atoms with Crippen molar-refractivity contribution in [2.45, 2.75) is 12.3 Å². The summed E-state index contributed by atoms with van der Waals surface area (Å²) in [5.41, 5.74) is 0. The van der Waals surface area contributed by atoms with Crippen molar-refractivity contribution in [3.63, 3.8) is 0 Å². The molecule has 0 saturated carbocycles. The topological polar surface area (TPSA) is 0 Å². The Morgan fingerprint density at radius 3 is 2.00 bits per heavy atom. The normalized spacial score (nSPS) is 12.0. The molecular weight excluding hydrogens is 105 g/mol. The minimum Gasteiger partial charge on any atom is -0.237 e. The minimum atomic E-state index is -3.32. The molecule has 0 aromatic heterocycles. The highest BCUT2D eigenvalue weighted by Gasteiger charge is 2.26. The molecule has 0 bridgehead atoms. The van der Waals surface area contributed by atoms with Crippen LogP contribution < -0.4 is 0 Å². The van der Waals surface area contributed by atoms with E-state index >= 15 is 0 Å². The van der Waals surface area contributed by atoms with Crippen LogP contribution in [0.5, 0.6) is 0 Å². The first-order valence-electron chi connectivity index (χ1n) is 1.74. The molecule has 3 heteroatoms. The second-order valence-corrected chi connectivity index (χ2v) is 1.12. The van der Waals surface area contributed by atoms with Crippen LogP contribution in [0.25, 0.3) is 0 Å². The SMILES string of the molecule is [CH2]CC(F)(F)[CH]F. The van der Waals surface area contributed by atoms with Crippen LogP contribution in [0.4, 0.5) is 13.2 Å². The molecule has 0 amide bonds. The van der Waals surface area contributed by atoms with Crippen molar-refractivity contribution in [2.24, 2.45) is 0 Å². The fourth-order valence-corrected chi connectivity index (χ4v) is 0.0546. The zero-order chi connectivity index (χ0) is 5.91. The van der Waals surface area contributed by atoms with E-state index in [1.165, 1.54) is 0 Å². The summed E-state index contributed by atoms with van der Waals surface area (Å²) < 4.78 is 33.6. The van der Waals surface area contributed by atoms with Crippen LogP contribution in [0.1, 0.15) is 6.42 Å². The molecule has 0 rings (SSSR count). The highest BCUT2D eigenvalue weighted by atomic mass is 19.3. The van der Waals surface area contributed by atoms with Crippen LogP contribution in [0.3, 0.4) is 0 Å². The molecule has 0 aromatic carbocycles. The summed E-state index contributed by atoms with van der Waals surface area (Å²) in [7, 11) is 0. The number of halogens is 3. The first kappa shape index (κ1) is 6.79. The van der Waals surface area contributed by atoms with Gasteiger partial charge in [-0.2, -0.15) is 0 Å². The van der Waals surface area contributed by atoms with E-state index in [1.54, 1.807) is 0 Å². The zero-order valence-electron chi connectivity index (χ0n) is 3.63. The average Bonchev–Trinajstić information content (AvgIpc) is 1.68. The van der Waals surface area contributed by atoms with Gasteiger partial charge < -0.3 is 0 Å². The Labute approximate surface area is 40.3 Å². The van der Waals surface area contributed by atoms with Gasteiger partial charge in [-0.15, -0.1) is 0 Å². The predicted molar refractivity (Wildman–Crippen MR) is 20.3 cm³/mol. The number of alkyl halides is 2. The van der Waals surface area contributed by atoms with Crippen LogP contribution in [-0.2, 0) is 0 Å². The van der Waals surface area contributed by atoms with Crippen LogP contribution in [0.2, 0.25) is 0 Å². The molecule has 42 valence electrons. The van der Waals surface area contributed by atoms with Gasteiger partial charge in [0.05, 0.1) is 0 Å². The van der Waals surface area contributed by atoms with Crippen LogP contribution >= 0.6 is 0 Å². The minimum absolute atomic E-state index is 0.653. The van der Waals surface area contributed by atoms with Gasteiger partial charge in [-0.05, 0) is 6.92 Å². The van der Waals surface area contributed by atoms with E-state index in [0.717, 1.165) is 0 Å². The van der Waals surface area contributed by atoms with E-state index in [2.05, 4.69) is 6.92 Å². The molecule has 0 unspecified atom stereocenters. The van der Waals surface area contributed by atoms with Gasteiger partial charge in [0.1, 0.15) is 0 Å². The Kier molecular flexibility index (Phi) is 2.12. The van der Waals surface area contributed by atoms with Crippen molar-refractivity contribution < 1.29 is 13.2 Å². The quantitative estimate of drug-likeness (QED) is 0.509. The van der Waals surface area contributed by atoms with E-state index in [1.807, 2.05) is 0 Å². The number of hydrogen-bond donors (Lipinski definition) is 0. The molecule has 0 nitrogen and oxygen atoms in total. The van der Waals surface area contributed by atoms with Crippen molar-refractivity contribution in [3.8, 4) is 0 Å². The molecule has 0 saturated heterocycles. The lowest BCUT2D eigenvalue weighted by Crippen LogP contribution is -2.11. The average molecular weight is 110 g/mol. The molecule has 0 atom stereocenters. The highest BCUT2D eigenvalue weighted by Crippen LogP contribution is 2.20. The van der Waals surface area contributed by atoms with Gasteiger partial charge in [-0.25, -0.2) is 13.2 Å². The van der Waals surface area contributed by atoms with E-state index in [0.29, 0.717) is 0 Å². The third-order valence-electron chi connectivity index (χ3n) is 0.493. The van der Waals surface area contributed by atoms with E-state index in [-0.39, 0.29) is 0 Å². The Morgan fingerprint density at radius 2 is 2.00 bits per heavy atom. The maximum atomic E-state index is 11.4. The molecule has 0 aliphatic rings. The molecule has 0 aliphatic heterocycles. The number of hydrogen-bond acceptors (Lipinski definition) is 0. The van der Waals surface area contributed by atoms with Crippen LogP contribution in [0, 0.1) is 13.6 Å². The molecule has 2 radical (unpaired) electrons. The smallest absolute Gasteiger partial charge is 0.237 e. The maximum absolute atomic E-state index is 11.4. The van der Waals surface area contributed by atoms with Gasteiger partial charge in [0.15, 0.2) is 0 Å². The molecular formula is C4H5F3. The lowest BCUT2D eigenvalue weighted by atomic mass is 10.3. The summed E-state index contributed by atoms with van der Waals surface area (Å²) in [5, 5.41) is 0. The fraction of sp³-hybridized carbons (Fsp3) is 0.500. The predicted octanol–water partition coefficient (Wildman–Crippen LogP) is 1.98. The summed E-state index contributed by atoms with van der Waals surface area (Å²) in [6, 6.07) is 0. The summed E-state index contributed by atoms with van der Waals surface area (Å²) >= 11 is 0. The van der Waals surface area contributed by atoms with E-state index < -0.39 is 19.0 Å². The van der Waals surface area contributed by atoms with Gasteiger partial charge in [0.25, 0.3) is 5.92 Å². The molecule has 0 heterocycles. The molecule has 0 fully saturated rings. The Balaban J connectivity index is 3.36. The lowest BCUT2D eigenvalue weighted by Gasteiger charge is -2.04. The second-order valence-electron chi connectivity index (χ2n) is 1.12. The highest BCUT2D eigenvalue weighted by molar-refractivity contribution is 4.74. The maximum Gasteiger partial charge on any atom is 0.281 e. The third kappa shape index (κ3) is 2.48. The van der Waals surface area contributed by atoms with E-state index in [9.17, 15) is 13.2 Å². The fourth-order valence-electron chi connectivity index (χ4n) is 0.0546. The molecule has 0 N–H and O–H groups in total.